The lowest BCUT2D eigenvalue weighted by Gasteiger charge is -2.16. The highest BCUT2D eigenvalue weighted by atomic mass is 16.7. The minimum absolute atomic E-state index is 0.122. The van der Waals surface area contributed by atoms with Crippen LogP contribution >= 0.6 is 0 Å². The van der Waals surface area contributed by atoms with E-state index < -0.39 is 6.16 Å². The maximum absolute atomic E-state index is 12.9. The summed E-state index contributed by atoms with van der Waals surface area (Å²) in [5, 5.41) is 23.8. The van der Waals surface area contributed by atoms with Gasteiger partial charge in [-0.1, -0.05) is 61.5 Å². The summed E-state index contributed by atoms with van der Waals surface area (Å²) in [7, 11) is 0. The van der Waals surface area contributed by atoms with Crippen LogP contribution in [-0.2, 0) is 13.0 Å². The molecule has 9 nitrogen and oxygen atoms in total. The van der Waals surface area contributed by atoms with Crippen molar-refractivity contribution in [2.24, 2.45) is 0 Å². The molecule has 2 N–H and O–H groups in total. The number of hydrogen-bond acceptors (Lipinski definition) is 6. The molecule has 5 aromatic rings. The Morgan fingerprint density at radius 1 is 1.03 bits per heavy atom. The zero-order chi connectivity index (χ0) is 24.4. The fourth-order valence-electron chi connectivity index (χ4n) is 4.24. The Balaban J connectivity index is 1.55. The maximum atomic E-state index is 12.9. The van der Waals surface area contributed by atoms with E-state index in [4.69, 9.17) is 4.74 Å². The predicted molar refractivity (Wildman–Crippen MR) is 130 cm³/mol. The van der Waals surface area contributed by atoms with Crippen molar-refractivity contribution in [1.82, 2.24) is 25.2 Å². The highest BCUT2D eigenvalue weighted by Crippen LogP contribution is 2.30. The molecule has 0 aliphatic rings. The van der Waals surface area contributed by atoms with Crippen LogP contribution in [0.1, 0.15) is 18.1 Å². The van der Waals surface area contributed by atoms with Gasteiger partial charge in [-0.25, -0.2) is 9.89 Å². The van der Waals surface area contributed by atoms with E-state index in [2.05, 4.69) is 20.6 Å². The van der Waals surface area contributed by atoms with Gasteiger partial charge in [0.05, 0.1) is 5.52 Å². The molecule has 0 aliphatic heterocycles. The van der Waals surface area contributed by atoms with Gasteiger partial charge in [0, 0.05) is 29.3 Å². The number of pyridine rings is 1. The van der Waals surface area contributed by atoms with Crippen LogP contribution in [0.2, 0.25) is 0 Å². The van der Waals surface area contributed by atoms with Gasteiger partial charge in [0.15, 0.2) is 17.0 Å². The molecule has 35 heavy (non-hydrogen) atoms. The maximum Gasteiger partial charge on any atom is 0.511 e. The lowest BCUT2D eigenvalue weighted by atomic mass is 9.98. The summed E-state index contributed by atoms with van der Waals surface area (Å²) in [5.41, 5.74) is 4.82. The van der Waals surface area contributed by atoms with Crippen molar-refractivity contribution in [2.75, 3.05) is 0 Å². The molecule has 9 heteroatoms. The molecule has 0 amide bonds. The number of aromatic amines is 1. The van der Waals surface area contributed by atoms with E-state index in [0.29, 0.717) is 35.3 Å². The van der Waals surface area contributed by atoms with Gasteiger partial charge in [-0.15, -0.1) is 5.10 Å². The Labute approximate surface area is 199 Å². The van der Waals surface area contributed by atoms with Crippen molar-refractivity contribution in [1.29, 1.82) is 0 Å². The van der Waals surface area contributed by atoms with Crippen LogP contribution in [0.15, 0.2) is 77.7 Å². The topological polar surface area (TPSA) is 123 Å². The van der Waals surface area contributed by atoms with Crippen LogP contribution < -0.4 is 10.2 Å². The molecule has 2 aromatic heterocycles. The lowest BCUT2D eigenvalue weighted by molar-refractivity contribution is 0.145. The van der Waals surface area contributed by atoms with Gasteiger partial charge in [0.2, 0.25) is 0 Å². The summed E-state index contributed by atoms with van der Waals surface area (Å²) in [6.45, 7) is 2.35. The largest absolute Gasteiger partial charge is 0.511 e. The molecule has 3 aromatic carbocycles. The molecule has 0 saturated heterocycles. The third kappa shape index (κ3) is 4.26. The number of nitrogens with zero attached hydrogens (tertiary/aromatic N) is 4. The Morgan fingerprint density at radius 3 is 2.49 bits per heavy atom. The van der Waals surface area contributed by atoms with Crippen molar-refractivity contribution in [2.45, 2.75) is 19.9 Å². The first-order valence-corrected chi connectivity index (χ1v) is 11.0. The minimum Gasteiger partial charge on any atom is -0.449 e. The van der Waals surface area contributed by atoms with Crippen molar-refractivity contribution in [3.8, 4) is 28.3 Å². The van der Waals surface area contributed by atoms with Crippen LogP contribution in [0.25, 0.3) is 33.4 Å². The number of nitrogens with one attached hydrogen (secondary N) is 1. The highest BCUT2D eigenvalue weighted by molar-refractivity contribution is 5.87. The van der Waals surface area contributed by atoms with Crippen LogP contribution in [0.4, 0.5) is 4.79 Å². The van der Waals surface area contributed by atoms with E-state index in [0.717, 1.165) is 22.3 Å². The monoisotopic (exact) mass is 467 g/mol. The van der Waals surface area contributed by atoms with Crippen molar-refractivity contribution >= 4 is 17.1 Å². The van der Waals surface area contributed by atoms with Gasteiger partial charge in [0.25, 0.3) is 0 Å². The van der Waals surface area contributed by atoms with Crippen LogP contribution in [0, 0.1) is 0 Å². The average Bonchev–Trinajstić information content (AvgIpc) is 3.41. The number of hydrogen-bond donors (Lipinski definition) is 2. The van der Waals surface area contributed by atoms with Crippen molar-refractivity contribution < 1.29 is 14.6 Å². The van der Waals surface area contributed by atoms with Gasteiger partial charge in [0.1, 0.15) is 0 Å². The van der Waals surface area contributed by atoms with Crippen LogP contribution in [0.5, 0.6) is 5.75 Å². The number of tetrazole rings is 1. The Bertz CT molecular complexity index is 1570. The number of benzene rings is 3. The van der Waals surface area contributed by atoms with E-state index >= 15 is 0 Å². The summed E-state index contributed by atoms with van der Waals surface area (Å²) in [5.74, 6) is 0.712. The van der Waals surface area contributed by atoms with Crippen LogP contribution in [-0.4, -0.2) is 36.5 Å². The number of carbonyl (C=O) groups is 1. The molecule has 0 unspecified atom stereocenters. The number of ether oxygens (including phenoxy) is 1. The number of rotatable bonds is 6. The number of aryl methyl sites for hydroxylation is 1. The van der Waals surface area contributed by atoms with E-state index in [1.807, 2.05) is 60.0 Å². The number of H-pyrrole nitrogens is 1. The quantitative estimate of drug-likeness (QED) is 0.278. The highest BCUT2D eigenvalue weighted by Gasteiger charge is 2.15. The van der Waals surface area contributed by atoms with E-state index in [-0.39, 0.29) is 11.2 Å². The molecule has 0 spiro atoms. The Hall–Kier alpha value is -4.79. The molecule has 174 valence electrons. The van der Waals surface area contributed by atoms with Gasteiger partial charge < -0.3 is 14.4 Å². The second-order valence-corrected chi connectivity index (χ2v) is 7.98. The van der Waals surface area contributed by atoms with E-state index in [9.17, 15) is 14.7 Å². The molecule has 2 heterocycles. The number of carboxylic acid groups (broad SMARTS) is 1. The molecule has 0 atom stereocenters. The van der Waals surface area contributed by atoms with Gasteiger partial charge in [-0.3, -0.25) is 4.79 Å². The lowest BCUT2D eigenvalue weighted by Crippen LogP contribution is -2.16. The van der Waals surface area contributed by atoms with E-state index in [1.54, 1.807) is 24.4 Å². The zero-order valence-electron chi connectivity index (χ0n) is 18.8. The fourth-order valence-corrected chi connectivity index (χ4v) is 4.24. The minimum atomic E-state index is -1.43. The molecule has 0 bridgehead atoms. The summed E-state index contributed by atoms with van der Waals surface area (Å²) in [6, 6.07) is 20.7. The third-order valence-corrected chi connectivity index (χ3v) is 5.86. The number of fused-ring (bicyclic) bond motifs is 1. The standard InChI is InChI=1S/C26H21N5O4/c1-2-17-15-31(23-21(24(17)32)8-5-9-22(23)35-26(33)34)14-16-10-12-18(13-11-16)19-6-3-4-7-20(19)25-27-29-30-28-25/h3-13,15H,2,14H2,1H3,(H,33,34)(H,27,28,29,30). The first kappa shape index (κ1) is 22.0. The molecule has 0 fully saturated rings. The fraction of sp³-hybridized carbons (Fsp3) is 0.115. The van der Waals surface area contributed by atoms with Crippen LogP contribution in [0.3, 0.4) is 0 Å². The van der Waals surface area contributed by atoms with Crippen molar-refractivity contribution in [3.63, 3.8) is 0 Å². The first-order chi connectivity index (χ1) is 17.0. The first-order valence-electron chi connectivity index (χ1n) is 11.0. The molecular formula is C26H21N5O4. The molecule has 0 aliphatic carbocycles. The van der Waals surface area contributed by atoms with Gasteiger partial charge in [-0.05, 0) is 45.7 Å². The number of aromatic nitrogens is 5. The zero-order valence-corrected chi connectivity index (χ0v) is 18.8. The third-order valence-electron chi connectivity index (χ3n) is 5.86. The summed E-state index contributed by atoms with van der Waals surface area (Å²) < 4.78 is 6.87. The average molecular weight is 467 g/mol. The van der Waals surface area contributed by atoms with Gasteiger partial charge in [-0.2, -0.15) is 0 Å². The summed E-state index contributed by atoms with van der Waals surface area (Å²) >= 11 is 0. The van der Waals surface area contributed by atoms with E-state index in [1.165, 1.54) is 0 Å². The second kappa shape index (κ2) is 9.22. The molecule has 0 radical (unpaired) electrons. The smallest absolute Gasteiger partial charge is 0.449 e. The van der Waals surface area contributed by atoms with Crippen molar-refractivity contribution in [3.05, 3.63) is 94.3 Å². The molecule has 5 rings (SSSR count). The Morgan fingerprint density at radius 2 is 1.80 bits per heavy atom. The SMILES string of the molecule is CCc1cn(Cc2ccc(-c3ccccc3-c3nnn[nH]3)cc2)c2c(OC(=O)O)cccc2c1=O. The molecular weight excluding hydrogens is 446 g/mol. The predicted octanol–water partition coefficient (Wildman–Crippen LogP) is 4.52. The number of para-hydroxylation sites is 1. The molecule has 0 saturated carbocycles. The van der Waals surface area contributed by atoms with Gasteiger partial charge >= 0.3 is 6.16 Å². The Kier molecular flexibility index (Phi) is 5.80. The normalized spacial score (nSPS) is 11.0. The summed E-state index contributed by atoms with van der Waals surface area (Å²) in [4.78, 5) is 24.2. The summed E-state index contributed by atoms with van der Waals surface area (Å²) in [6.07, 6.45) is 0.908. The second-order valence-electron chi connectivity index (χ2n) is 7.98.